The number of aryl methyl sites for hydroxylation is 1. The fraction of sp³-hybridized carbons (Fsp3) is 0.222. The molecule has 35 heavy (non-hydrogen) atoms. The van der Waals surface area contributed by atoms with E-state index in [0.717, 1.165) is 28.4 Å². The molecule has 0 aliphatic heterocycles. The van der Waals surface area contributed by atoms with Crippen LogP contribution in [-0.2, 0) is 19.6 Å². The van der Waals surface area contributed by atoms with Crippen molar-refractivity contribution in [3.8, 4) is 22.8 Å². The third kappa shape index (κ3) is 4.43. The lowest BCUT2D eigenvalue weighted by Gasteiger charge is -2.11. The second-order valence-corrected chi connectivity index (χ2v) is 8.84. The van der Waals surface area contributed by atoms with Gasteiger partial charge in [-0.2, -0.15) is 13.2 Å². The van der Waals surface area contributed by atoms with Gasteiger partial charge in [0.05, 0.1) is 12.5 Å². The minimum Gasteiger partial charge on any atom is -0.461 e. The van der Waals surface area contributed by atoms with E-state index in [9.17, 15) is 13.2 Å². The lowest BCUT2D eigenvalue weighted by molar-refractivity contribution is -0.140. The van der Waals surface area contributed by atoms with Gasteiger partial charge >= 0.3 is 6.18 Å². The second-order valence-electron chi connectivity index (χ2n) is 8.84. The number of halogens is 3. The third-order valence-electron chi connectivity index (χ3n) is 5.98. The molecule has 0 atom stereocenters. The Labute approximate surface area is 200 Å². The number of alkyl halides is 3. The Morgan fingerprint density at radius 2 is 1.74 bits per heavy atom. The maximum Gasteiger partial charge on any atom is 0.434 e. The van der Waals surface area contributed by atoms with E-state index in [4.69, 9.17) is 9.40 Å². The van der Waals surface area contributed by atoms with Crippen LogP contribution in [0, 0.1) is 0 Å². The molecule has 5 rings (SSSR count). The number of furan rings is 1. The Kier molecular flexibility index (Phi) is 5.67. The largest absolute Gasteiger partial charge is 0.461 e. The summed E-state index contributed by atoms with van der Waals surface area (Å²) in [6, 6.07) is 15.4. The Morgan fingerprint density at radius 1 is 1.00 bits per heavy atom. The van der Waals surface area contributed by atoms with Crippen molar-refractivity contribution >= 4 is 11.1 Å². The maximum atomic E-state index is 13.0. The fourth-order valence-corrected chi connectivity index (χ4v) is 4.20. The molecule has 0 spiro atoms. The number of fused-ring (bicyclic) bond motifs is 1. The quantitative estimate of drug-likeness (QED) is 0.273. The normalized spacial score (nSPS) is 12.1. The summed E-state index contributed by atoms with van der Waals surface area (Å²) in [5, 5.41) is 0. The van der Waals surface area contributed by atoms with Crippen molar-refractivity contribution in [3.63, 3.8) is 0 Å². The summed E-state index contributed by atoms with van der Waals surface area (Å²) in [5.74, 6) is 1.24. The van der Waals surface area contributed by atoms with Crippen LogP contribution in [0.15, 0.2) is 71.6 Å². The van der Waals surface area contributed by atoms with Crippen LogP contribution in [0.5, 0.6) is 0 Å². The molecule has 5 aromatic rings. The molecular weight excluding hydrogens is 453 g/mol. The van der Waals surface area contributed by atoms with E-state index < -0.39 is 11.9 Å². The molecule has 8 heteroatoms. The highest BCUT2D eigenvalue weighted by molar-refractivity contribution is 5.79. The Bertz CT molecular complexity index is 1500. The van der Waals surface area contributed by atoms with E-state index in [0.29, 0.717) is 29.3 Å². The summed E-state index contributed by atoms with van der Waals surface area (Å²) in [6.45, 7) is 4.28. The topological polar surface area (TPSA) is 56.7 Å². The highest BCUT2D eigenvalue weighted by Crippen LogP contribution is 2.32. The zero-order chi connectivity index (χ0) is 24.7. The van der Waals surface area contributed by atoms with Gasteiger partial charge in [-0.1, -0.05) is 62.4 Å². The highest BCUT2D eigenvalue weighted by atomic mass is 19.4. The Morgan fingerprint density at radius 3 is 2.43 bits per heavy atom. The van der Waals surface area contributed by atoms with Gasteiger partial charge in [-0.25, -0.2) is 15.0 Å². The molecule has 0 saturated carbocycles. The monoisotopic (exact) mass is 476 g/mol. The lowest BCUT2D eigenvalue weighted by Crippen LogP contribution is -2.04. The smallest absolute Gasteiger partial charge is 0.434 e. The van der Waals surface area contributed by atoms with Crippen LogP contribution >= 0.6 is 0 Å². The van der Waals surface area contributed by atoms with Crippen molar-refractivity contribution in [2.24, 2.45) is 7.05 Å². The number of hydrogen-bond acceptors (Lipinski definition) is 4. The minimum absolute atomic E-state index is 0.263. The van der Waals surface area contributed by atoms with Crippen LogP contribution < -0.4 is 0 Å². The van der Waals surface area contributed by atoms with Gasteiger partial charge in [-0.3, -0.25) is 0 Å². The Hall–Kier alpha value is -3.94. The van der Waals surface area contributed by atoms with Gasteiger partial charge in [0, 0.05) is 36.4 Å². The fourth-order valence-electron chi connectivity index (χ4n) is 4.20. The number of benzene rings is 2. The molecule has 0 fully saturated rings. The standard InChI is InChI=1S/C27H23F3N4O/c1-16(2)20-6-4-5-7-21(20)25-31-13-22-24(33-25)19(15-35-22)12-17-8-10-18(11-9-17)26-32-23(14-34(26)3)27(28,29)30/h4-11,13-16H,12H2,1-3H3. The molecule has 5 nitrogen and oxygen atoms in total. The first-order valence-corrected chi connectivity index (χ1v) is 11.2. The number of imidazole rings is 1. The summed E-state index contributed by atoms with van der Waals surface area (Å²) in [7, 11) is 1.55. The van der Waals surface area contributed by atoms with Crippen LogP contribution in [0.1, 0.15) is 42.1 Å². The molecule has 0 aliphatic rings. The molecule has 0 N–H and O–H groups in total. The first-order chi connectivity index (χ1) is 16.7. The summed E-state index contributed by atoms with van der Waals surface area (Å²) >= 11 is 0. The molecule has 3 heterocycles. The molecule has 0 unspecified atom stereocenters. The van der Waals surface area contributed by atoms with Crippen LogP contribution in [0.4, 0.5) is 13.2 Å². The predicted octanol–water partition coefficient (Wildman–Crippen LogP) is 7.02. The molecule has 178 valence electrons. The summed E-state index contributed by atoms with van der Waals surface area (Å²) < 4.78 is 46.1. The number of aromatic nitrogens is 4. The molecule has 3 aromatic heterocycles. The summed E-state index contributed by atoms with van der Waals surface area (Å²) in [5.41, 5.74) is 5.12. The lowest BCUT2D eigenvalue weighted by atomic mass is 9.97. The van der Waals surface area contributed by atoms with Gasteiger partial charge in [0.25, 0.3) is 0 Å². The predicted molar refractivity (Wildman–Crippen MR) is 128 cm³/mol. The zero-order valence-electron chi connectivity index (χ0n) is 19.5. The van der Waals surface area contributed by atoms with Crippen LogP contribution in [0.3, 0.4) is 0 Å². The number of rotatable bonds is 5. The first-order valence-electron chi connectivity index (χ1n) is 11.2. The average Bonchev–Trinajstić information content (AvgIpc) is 3.43. The van der Waals surface area contributed by atoms with Gasteiger partial charge in [0.15, 0.2) is 17.1 Å². The molecule has 0 bridgehead atoms. The van der Waals surface area contributed by atoms with Crippen LogP contribution in [0.2, 0.25) is 0 Å². The van der Waals surface area contributed by atoms with Crippen molar-refractivity contribution < 1.29 is 17.6 Å². The SMILES string of the molecule is CC(C)c1ccccc1-c1ncc2occ(Cc3ccc(-c4nc(C(F)(F)F)cn4C)cc3)c2n1. The van der Waals surface area contributed by atoms with Gasteiger partial charge in [-0.15, -0.1) is 0 Å². The van der Waals surface area contributed by atoms with E-state index in [2.05, 4.69) is 29.9 Å². The first kappa shape index (κ1) is 22.8. The van der Waals surface area contributed by atoms with Crippen molar-refractivity contribution in [1.82, 2.24) is 19.5 Å². The maximum absolute atomic E-state index is 13.0. The van der Waals surface area contributed by atoms with Crippen LogP contribution in [0.25, 0.3) is 33.9 Å². The van der Waals surface area contributed by atoms with Gasteiger partial charge in [0.1, 0.15) is 11.3 Å². The van der Waals surface area contributed by atoms with Gasteiger partial charge in [-0.05, 0) is 17.0 Å². The highest BCUT2D eigenvalue weighted by Gasteiger charge is 2.34. The molecule has 0 aliphatic carbocycles. The van der Waals surface area contributed by atoms with Crippen molar-refractivity contribution in [2.75, 3.05) is 0 Å². The van der Waals surface area contributed by atoms with E-state index in [1.807, 2.05) is 30.3 Å². The average molecular weight is 477 g/mol. The van der Waals surface area contributed by atoms with Crippen molar-refractivity contribution in [3.05, 3.63) is 89.6 Å². The molecule has 2 aromatic carbocycles. The molecular formula is C27H23F3N4O. The van der Waals surface area contributed by atoms with Gasteiger partial charge in [0.2, 0.25) is 0 Å². The third-order valence-corrected chi connectivity index (χ3v) is 5.98. The Balaban J connectivity index is 1.44. The van der Waals surface area contributed by atoms with Crippen LogP contribution in [-0.4, -0.2) is 19.5 Å². The number of nitrogens with zero attached hydrogens (tertiary/aromatic N) is 4. The second kappa shape index (κ2) is 8.69. The van der Waals surface area contributed by atoms with E-state index in [1.54, 1.807) is 31.6 Å². The zero-order valence-corrected chi connectivity index (χ0v) is 19.5. The summed E-state index contributed by atoms with van der Waals surface area (Å²) in [6.07, 6.45) is 0.453. The summed E-state index contributed by atoms with van der Waals surface area (Å²) in [4.78, 5) is 13.1. The van der Waals surface area contributed by atoms with Crippen molar-refractivity contribution in [1.29, 1.82) is 0 Å². The van der Waals surface area contributed by atoms with E-state index >= 15 is 0 Å². The van der Waals surface area contributed by atoms with E-state index in [1.165, 1.54) is 10.1 Å². The molecule has 0 amide bonds. The number of hydrogen-bond donors (Lipinski definition) is 0. The molecule has 0 radical (unpaired) electrons. The molecule has 0 saturated heterocycles. The van der Waals surface area contributed by atoms with Gasteiger partial charge < -0.3 is 8.98 Å². The van der Waals surface area contributed by atoms with E-state index in [-0.39, 0.29) is 5.82 Å². The minimum atomic E-state index is -4.48. The van der Waals surface area contributed by atoms with Crippen molar-refractivity contribution in [2.45, 2.75) is 32.4 Å².